The molecule has 1 atom stereocenters. The number of hydrogen-bond donors (Lipinski definition) is 1. The van der Waals surface area contributed by atoms with Gasteiger partial charge in [0, 0.05) is 5.56 Å². The Bertz CT molecular complexity index is 706. The lowest BCUT2D eigenvalue weighted by Gasteiger charge is -2.00. The van der Waals surface area contributed by atoms with Gasteiger partial charge >= 0.3 is 0 Å². The number of aromatic nitrogens is 2. The van der Waals surface area contributed by atoms with Crippen molar-refractivity contribution in [2.75, 3.05) is 0 Å². The number of nitrogens with zero attached hydrogens (tertiary/aromatic N) is 2. The SMILES string of the molecule is CCC(O)c1noc(-c2ccc3ccccc3c2)n1. The van der Waals surface area contributed by atoms with Crippen molar-refractivity contribution in [2.24, 2.45) is 0 Å². The van der Waals surface area contributed by atoms with Crippen LogP contribution in [0, 0.1) is 0 Å². The molecule has 0 fully saturated rings. The highest BCUT2D eigenvalue weighted by Gasteiger charge is 2.14. The van der Waals surface area contributed by atoms with Gasteiger partial charge in [-0.25, -0.2) is 0 Å². The third kappa shape index (κ3) is 2.22. The molecule has 3 rings (SSSR count). The summed E-state index contributed by atoms with van der Waals surface area (Å²) in [5, 5.41) is 15.8. The van der Waals surface area contributed by atoms with Crippen LogP contribution in [-0.4, -0.2) is 15.2 Å². The van der Waals surface area contributed by atoms with Crippen molar-refractivity contribution in [2.45, 2.75) is 19.4 Å². The maximum absolute atomic E-state index is 9.68. The van der Waals surface area contributed by atoms with Crippen molar-refractivity contribution in [3.8, 4) is 11.5 Å². The number of fused-ring (bicyclic) bond motifs is 1. The van der Waals surface area contributed by atoms with E-state index in [0.29, 0.717) is 18.1 Å². The monoisotopic (exact) mass is 254 g/mol. The van der Waals surface area contributed by atoms with Crippen LogP contribution in [0.5, 0.6) is 0 Å². The fourth-order valence-electron chi connectivity index (χ4n) is 1.99. The number of rotatable bonds is 3. The highest BCUT2D eigenvalue weighted by Crippen LogP contribution is 2.24. The van der Waals surface area contributed by atoms with Crippen LogP contribution in [0.4, 0.5) is 0 Å². The maximum atomic E-state index is 9.68. The van der Waals surface area contributed by atoms with E-state index < -0.39 is 6.10 Å². The number of benzene rings is 2. The first-order valence-corrected chi connectivity index (χ1v) is 6.29. The summed E-state index contributed by atoms with van der Waals surface area (Å²) in [5.74, 6) is 0.777. The molecule has 0 spiro atoms. The van der Waals surface area contributed by atoms with Crippen LogP contribution in [0.2, 0.25) is 0 Å². The Morgan fingerprint density at radius 2 is 1.95 bits per heavy atom. The van der Waals surface area contributed by atoms with Gasteiger partial charge in [0.2, 0.25) is 5.82 Å². The van der Waals surface area contributed by atoms with Gasteiger partial charge in [-0.2, -0.15) is 4.98 Å². The minimum Gasteiger partial charge on any atom is -0.385 e. The van der Waals surface area contributed by atoms with Gasteiger partial charge in [0.05, 0.1) is 0 Å². The lowest BCUT2D eigenvalue weighted by molar-refractivity contribution is 0.159. The molecule has 4 heteroatoms. The summed E-state index contributed by atoms with van der Waals surface area (Å²) < 4.78 is 5.20. The number of hydrogen-bond acceptors (Lipinski definition) is 4. The molecule has 4 nitrogen and oxygen atoms in total. The van der Waals surface area contributed by atoms with Crippen molar-refractivity contribution in [3.05, 3.63) is 48.3 Å². The molecule has 0 bridgehead atoms. The van der Waals surface area contributed by atoms with E-state index in [2.05, 4.69) is 16.2 Å². The lowest BCUT2D eigenvalue weighted by Crippen LogP contribution is -1.97. The Morgan fingerprint density at radius 3 is 2.74 bits per heavy atom. The van der Waals surface area contributed by atoms with E-state index in [1.165, 1.54) is 5.39 Å². The molecule has 1 aromatic heterocycles. The molecule has 0 aliphatic carbocycles. The summed E-state index contributed by atoms with van der Waals surface area (Å²) in [6, 6.07) is 14.1. The van der Waals surface area contributed by atoms with Gasteiger partial charge in [0.15, 0.2) is 0 Å². The quantitative estimate of drug-likeness (QED) is 0.778. The molecule has 0 radical (unpaired) electrons. The third-order valence-corrected chi connectivity index (χ3v) is 3.12. The Balaban J connectivity index is 2.01. The summed E-state index contributed by atoms with van der Waals surface area (Å²) in [6.07, 6.45) is -0.102. The van der Waals surface area contributed by atoms with Gasteiger partial charge in [0.25, 0.3) is 5.89 Å². The molecular weight excluding hydrogens is 240 g/mol. The second-order valence-electron chi connectivity index (χ2n) is 4.44. The number of aliphatic hydroxyl groups excluding tert-OH is 1. The average Bonchev–Trinajstić information content (AvgIpc) is 2.95. The Labute approximate surface area is 110 Å². The zero-order chi connectivity index (χ0) is 13.2. The van der Waals surface area contributed by atoms with Crippen molar-refractivity contribution in [3.63, 3.8) is 0 Å². The fraction of sp³-hybridized carbons (Fsp3) is 0.200. The first-order chi connectivity index (χ1) is 9.28. The molecule has 96 valence electrons. The van der Waals surface area contributed by atoms with Gasteiger partial charge < -0.3 is 9.63 Å². The molecule has 2 aromatic carbocycles. The minimum atomic E-state index is -0.669. The molecule has 0 aliphatic rings. The normalized spacial score (nSPS) is 12.7. The standard InChI is InChI=1S/C15H14N2O2/c1-2-13(18)14-16-15(19-17-14)12-8-7-10-5-3-4-6-11(10)9-12/h3-9,13,18H,2H2,1H3. The van der Waals surface area contributed by atoms with E-state index in [9.17, 15) is 5.11 Å². The lowest BCUT2D eigenvalue weighted by atomic mass is 10.1. The summed E-state index contributed by atoms with van der Waals surface area (Å²) in [7, 11) is 0. The van der Waals surface area contributed by atoms with Crippen LogP contribution in [0.15, 0.2) is 47.0 Å². The first kappa shape index (κ1) is 11.9. The zero-order valence-electron chi connectivity index (χ0n) is 10.6. The second kappa shape index (κ2) is 4.82. The van der Waals surface area contributed by atoms with Crippen molar-refractivity contribution < 1.29 is 9.63 Å². The summed E-state index contributed by atoms with van der Waals surface area (Å²) in [4.78, 5) is 4.23. The molecule has 0 aliphatic heterocycles. The third-order valence-electron chi connectivity index (χ3n) is 3.12. The highest BCUT2D eigenvalue weighted by molar-refractivity contribution is 5.86. The molecule has 19 heavy (non-hydrogen) atoms. The van der Waals surface area contributed by atoms with Crippen molar-refractivity contribution in [1.82, 2.24) is 10.1 Å². The summed E-state index contributed by atoms with van der Waals surface area (Å²) in [6.45, 7) is 1.87. The van der Waals surface area contributed by atoms with E-state index in [-0.39, 0.29) is 0 Å². The van der Waals surface area contributed by atoms with Gasteiger partial charge in [0.1, 0.15) is 6.10 Å². The van der Waals surface area contributed by atoms with Crippen LogP contribution in [0.25, 0.3) is 22.2 Å². The van der Waals surface area contributed by atoms with Gasteiger partial charge in [-0.15, -0.1) is 0 Å². The predicted octanol–water partition coefficient (Wildman–Crippen LogP) is 3.33. The fourth-order valence-corrected chi connectivity index (χ4v) is 1.99. The summed E-state index contributed by atoms with van der Waals surface area (Å²) >= 11 is 0. The zero-order valence-corrected chi connectivity index (χ0v) is 10.6. The van der Waals surface area contributed by atoms with Crippen LogP contribution in [0.3, 0.4) is 0 Å². The van der Waals surface area contributed by atoms with E-state index in [1.807, 2.05) is 43.3 Å². The van der Waals surface area contributed by atoms with E-state index in [4.69, 9.17) is 4.52 Å². The van der Waals surface area contributed by atoms with Gasteiger partial charge in [-0.1, -0.05) is 42.4 Å². The molecule has 0 amide bonds. The van der Waals surface area contributed by atoms with Crippen LogP contribution in [0.1, 0.15) is 25.3 Å². The molecule has 0 saturated heterocycles. The Kier molecular flexibility index (Phi) is 3.01. The Morgan fingerprint density at radius 1 is 1.16 bits per heavy atom. The van der Waals surface area contributed by atoms with E-state index in [0.717, 1.165) is 10.9 Å². The molecule has 0 saturated carbocycles. The first-order valence-electron chi connectivity index (χ1n) is 6.29. The van der Waals surface area contributed by atoms with Crippen molar-refractivity contribution >= 4 is 10.8 Å². The predicted molar refractivity (Wildman–Crippen MR) is 72.5 cm³/mol. The molecule has 1 N–H and O–H groups in total. The van der Waals surface area contributed by atoms with Gasteiger partial charge in [-0.05, 0) is 29.3 Å². The minimum absolute atomic E-state index is 0.339. The smallest absolute Gasteiger partial charge is 0.258 e. The van der Waals surface area contributed by atoms with E-state index >= 15 is 0 Å². The summed E-state index contributed by atoms with van der Waals surface area (Å²) in [5.41, 5.74) is 0.862. The van der Waals surface area contributed by atoms with Crippen LogP contribution in [-0.2, 0) is 0 Å². The maximum Gasteiger partial charge on any atom is 0.258 e. The van der Waals surface area contributed by atoms with Crippen LogP contribution >= 0.6 is 0 Å². The average molecular weight is 254 g/mol. The number of aliphatic hydroxyl groups is 1. The second-order valence-corrected chi connectivity index (χ2v) is 4.44. The molecule has 3 aromatic rings. The topological polar surface area (TPSA) is 59.2 Å². The largest absolute Gasteiger partial charge is 0.385 e. The molecular formula is C15H14N2O2. The van der Waals surface area contributed by atoms with E-state index in [1.54, 1.807) is 0 Å². The van der Waals surface area contributed by atoms with Crippen LogP contribution < -0.4 is 0 Å². The molecule has 1 unspecified atom stereocenters. The van der Waals surface area contributed by atoms with Crippen molar-refractivity contribution in [1.29, 1.82) is 0 Å². The molecule has 1 heterocycles. The van der Waals surface area contributed by atoms with Gasteiger partial charge in [-0.3, -0.25) is 0 Å². The highest BCUT2D eigenvalue weighted by atomic mass is 16.5. The Hall–Kier alpha value is -2.20.